The molecular weight excluding hydrogens is 293 g/mol. The first kappa shape index (κ1) is 15.0. The fraction of sp³-hybridized carbons (Fsp3) is 0.538. The first-order valence-electron chi connectivity index (χ1n) is 6.26. The molecule has 0 bridgehead atoms. The molecule has 0 amide bonds. The van der Waals surface area contributed by atoms with Crippen molar-refractivity contribution < 1.29 is 8.78 Å². The molecule has 0 unspecified atom stereocenters. The Hall–Kier alpha value is -0.420. The molecule has 1 N–H and O–H groups in total. The molecule has 2 rings (SSSR count). The van der Waals surface area contributed by atoms with E-state index in [1.807, 2.05) is 4.90 Å². The summed E-state index contributed by atoms with van der Waals surface area (Å²) in [6.07, 6.45) is -2.63. The number of halogens is 4. The monoisotopic (exact) mass is 308 g/mol. The lowest BCUT2D eigenvalue weighted by atomic mass is 10.0. The molecule has 1 aliphatic rings. The van der Waals surface area contributed by atoms with E-state index in [1.165, 1.54) is 0 Å². The van der Waals surface area contributed by atoms with Gasteiger partial charge in [-0.2, -0.15) is 0 Å². The molecule has 0 aromatic heterocycles. The number of hydrogen-bond acceptors (Lipinski definition) is 2. The number of rotatable bonds is 4. The molecule has 0 spiro atoms. The number of piperazine rings is 1. The lowest BCUT2D eigenvalue weighted by Crippen LogP contribution is -2.45. The Morgan fingerprint density at radius 1 is 1.16 bits per heavy atom. The van der Waals surface area contributed by atoms with Gasteiger partial charge in [0.2, 0.25) is 6.43 Å². The molecule has 19 heavy (non-hydrogen) atoms. The predicted molar refractivity (Wildman–Crippen MR) is 74.3 cm³/mol. The largest absolute Gasteiger partial charge is 0.314 e. The predicted octanol–water partition coefficient (Wildman–Crippen LogP) is 3.59. The van der Waals surface area contributed by atoms with E-state index in [2.05, 4.69) is 5.32 Å². The van der Waals surface area contributed by atoms with Gasteiger partial charge in [0.05, 0.1) is 0 Å². The van der Waals surface area contributed by atoms with Gasteiger partial charge in [0, 0.05) is 54.3 Å². The van der Waals surface area contributed by atoms with E-state index in [4.69, 9.17) is 23.2 Å². The van der Waals surface area contributed by atoms with Crippen LogP contribution in [0.4, 0.5) is 8.78 Å². The summed E-state index contributed by atoms with van der Waals surface area (Å²) in [5.74, 6) is 0. The van der Waals surface area contributed by atoms with Crippen LogP contribution in [0.25, 0.3) is 0 Å². The second-order valence-electron chi connectivity index (χ2n) is 4.56. The van der Waals surface area contributed by atoms with Crippen molar-refractivity contribution >= 4 is 23.2 Å². The minimum absolute atomic E-state index is 0.247. The summed E-state index contributed by atoms with van der Waals surface area (Å²) in [5, 5.41) is 4.12. The van der Waals surface area contributed by atoms with Gasteiger partial charge >= 0.3 is 0 Å². The lowest BCUT2D eigenvalue weighted by Gasteiger charge is -2.35. The van der Waals surface area contributed by atoms with Crippen LogP contribution in [0, 0.1) is 0 Å². The number of hydrogen-bond donors (Lipinski definition) is 1. The van der Waals surface area contributed by atoms with Crippen LogP contribution in [0.3, 0.4) is 0 Å². The van der Waals surface area contributed by atoms with Gasteiger partial charge in [0.25, 0.3) is 0 Å². The first-order valence-corrected chi connectivity index (χ1v) is 7.02. The van der Waals surface area contributed by atoms with Gasteiger partial charge in [-0.3, -0.25) is 4.90 Å². The average Bonchev–Trinajstić information content (AvgIpc) is 2.38. The number of alkyl halides is 2. The summed E-state index contributed by atoms with van der Waals surface area (Å²) < 4.78 is 25.7. The Kier molecular flexibility index (Phi) is 5.39. The van der Waals surface area contributed by atoms with Crippen molar-refractivity contribution in [1.82, 2.24) is 10.2 Å². The zero-order valence-electron chi connectivity index (χ0n) is 10.4. The van der Waals surface area contributed by atoms with Gasteiger partial charge < -0.3 is 5.32 Å². The van der Waals surface area contributed by atoms with Crippen molar-refractivity contribution in [1.29, 1.82) is 0 Å². The zero-order chi connectivity index (χ0) is 13.8. The van der Waals surface area contributed by atoms with Gasteiger partial charge in [-0.1, -0.05) is 29.3 Å². The van der Waals surface area contributed by atoms with Gasteiger partial charge in [-0.15, -0.1) is 0 Å². The van der Waals surface area contributed by atoms with Crippen LogP contribution in [-0.2, 0) is 0 Å². The van der Waals surface area contributed by atoms with Crippen molar-refractivity contribution in [3.8, 4) is 0 Å². The van der Waals surface area contributed by atoms with Crippen molar-refractivity contribution in [2.24, 2.45) is 0 Å². The minimum Gasteiger partial charge on any atom is -0.314 e. The number of benzene rings is 1. The van der Waals surface area contributed by atoms with Crippen LogP contribution in [0.15, 0.2) is 18.2 Å². The van der Waals surface area contributed by atoms with Crippen LogP contribution in [0.2, 0.25) is 10.0 Å². The summed E-state index contributed by atoms with van der Waals surface area (Å²) >= 11 is 12.3. The smallest absolute Gasteiger partial charge is 0.240 e. The molecule has 0 aliphatic carbocycles. The molecule has 1 atom stereocenters. The highest BCUT2D eigenvalue weighted by molar-refractivity contribution is 6.36. The Morgan fingerprint density at radius 3 is 2.26 bits per heavy atom. The van der Waals surface area contributed by atoms with E-state index in [0.29, 0.717) is 15.6 Å². The van der Waals surface area contributed by atoms with E-state index in [0.717, 1.165) is 26.2 Å². The third kappa shape index (κ3) is 3.78. The Balaban J connectivity index is 2.30. The number of nitrogens with one attached hydrogen (secondary N) is 1. The molecule has 2 nitrogen and oxygen atoms in total. The molecule has 1 aromatic carbocycles. The minimum atomic E-state index is -2.38. The third-order valence-electron chi connectivity index (χ3n) is 3.33. The standard InChI is InChI=1S/C13H16Cl2F2N2/c14-9-2-1-3-10(15)13(9)11(8-12(16)17)19-6-4-18-5-7-19/h1-3,11-12,18H,4-8H2/t11-/m0/s1. The van der Waals surface area contributed by atoms with Crippen molar-refractivity contribution in [2.45, 2.75) is 18.9 Å². The molecule has 6 heteroatoms. The van der Waals surface area contributed by atoms with E-state index in [-0.39, 0.29) is 6.42 Å². The van der Waals surface area contributed by atoms with E-state index in [1.54, 1.807) is 18.2 Å². The van der Waals surface area contributed by atoms with Gasteiger partial charge in [0.1, 0.15) is 0 Å². The third-order valence-corrected chi connectivity index (χ3v) is 3.99. The molecule has 1 aliphatic heterocycles. The van der Waals surface area contributed by atoms with Gasteiger partial charge in [-0.05, 0) is 12.1 Å². The molecule has 0 saturated carbocycles. The molecule has 1 fully saturated rings. The van der Waals surface area contributed by atoms with Crippen LogP contribution in [0.5, 0.6) is 0 Å². The second-order valence-corrected chi connectivity index (χ2v) is 5.38. The van der Waals surface area contributed by atoms with Gasteiger partial charge in [0.15, 0.2) is 0 Å². The lowest BCUT2D eigenvalue weighted by molar-refractivity contribution is 0.0740. The Labute approximate surface area is 121 Å². The quantitative estimate of drug-likeness (QED) is 0.914. The summed E-state index contributed by atoms with van der Waals surface area (Å²) in [4.78, 5) is 2.02. The average molecular weight is 309 g/mol. The number of nitrogens with zero attached hydrogens (tertiary/aromatic N) is 1. The van der Waals surface area contributed by atoms with Crippen LogP contribution >= 0.6 is 23.2 Å². The van der Waals surface area contributed by atoms with Crippen molar-refractivity contribution in [2.75, 3.05) is 26.2 Å². The topological polar surface area (TPSA) is 15.3 Å². The summed E-state index contributed by atoms with van der Waals surface area (Å²) in [7, 11) is 0. The highest BCUT2D eigenvalue weighted by atomic mass is 35.5. The molecule has 106 valence electrons. The first-order chi connectivity index (χ1) is 9.09. The Bertz CT molecular complexity index is 403. The second kappa shape index (κ2) is 6.84. The van der Waals surface area contributed by atoms with E-state index in [9.17, 15) is 8.78 Å². The normalized spacial score (nSPS) is 18.8. The summed E-state index contributed by atoms with van der Waals surface area (Å²) in [6, 6.07) is 4.70. The van der Waals surface area contributed by atoms with Crippen LogP contribution < -0.4 is 5.32 Å². The molecule has 1 heterocycles. The van der Waals surface area contributed by atoms with Gasteiger partial charge in [-0.25, -0.2) is 8.78 Å². The SMILES string of the molecule is FC(F)C[C@@H](c1c(Cl)cccc1Cl)N1CCNCC1. The maximum Gasteiger partial charge on any atom is 0.240 e. The molecular formula is C13H16Cl2F2N2. The van der Waals surface area contributed by atoms with E-state index < -0.39 is 12.5 Å². The maximum absolute atomic E-state index is 12.9. The highest BCUT2D eigenvalue weighted by Gasteiger charge is 2.28. The van der Waals surface area contributed by atoms with E-state index >= 15 is 0 Å². The molecule has 1 saturated heterocycles. The fourth-order valence-corrected chi connectivity index (χ4v) is 3.09. The highest BCUT2D eigenvalue weighted by Crippen LogP contribution is 2.37. The fourth-order valence-electron chi connectivity index (χ4n) is 2.44. The maximum atomic E-state index is 12.9. The Morgan fingerprint density at radius 2 is 1.74 bits per heavy atom. The summed E-state index contributed by atoms with van der Waals surface area (Å²) in [5.41, 5.74) is 0.619. The molecule has 0 radical (unpaired) electrons. The zero-order valence-corrected chi connectivity index (χ0v) is 11.9. The van der Waals surface area contributed by atoms with Crippen LogP contribution in [-0.4, -0.2) is 37.5 Å². The van der Waals surface area contributed by atoms with Crippen LogP contribution in [0.1, 0.15) is 18.0 Å². The van der Waals surface area contributed by atoms with Crippen molar-refractivity contribution in [3.63, 3.8) is 0 Å². The molecule has 1 aromatic rings. The summed E-state index contributed by atoms with van der Waals surface area (Å²) in [6.45, 7) is 3.03. The van der Waals surface area contributed by atoms with Crippen molar-refractivity contribution in [3.05, 3.63) is 33.8 Å².